The second-order valence-corrected chi connectivity index (χ2v) is 5.61. The normalized spacial score (nSPS) is 24.0. The number of aromatic nitrogens is 1. The van der Waals surface area contributed by atoms with Crippen molar-refractivity contribution >= 4 is 23.2 Å². The number of hydrogen-bond donors (Lipinski definition) is 1. The maximum absolute atomic E-state index is 12.1. The van der Waals surface area contributed by atoms with Crippen molar-refractivity contribution in [3.63, 3.8) is 0 Å². The van der Waals surface area contributed by atoms with Crippen molar-refractivity contribution in [2.24, 2.45) is 11.8 Å². The molecule has 1 amide bonds. The van der Waals surface area contributed by atoms with Gasteiger partial charge in [-0.25, -0.2) is 4.98 Å². The Balaban J connectivity index is 2.10. The Morgan fingerprint density at radius 2 is 2.24 bits per heavy atom. The Morgan fingerprint density at radius 3 is 2.71 bits per heavy atom. The molecular formula is C11H14N2O3S. The van der Waals surface area contributed by atoms with E-state index in [4.69, 9.17) is 5.11 Å². The van der Waals surface area contributed by atoms with E-state index in [1.165, 1.54) is 11.3 Å². The Bertz CT molecular complexity index is 457. The predicted molar refractivity (Wildman–Crippen MR) is 63.0 cm³/mol. The van der Waals surface area contributed by atoms with Gasteiger partial charge in [0.25, 0.3) is 5.91 Å². The summed E-state index contributed by atoms with van der Waals surface area (Å²) in [6.07, 6.45) is 1.56. The summed E-state index contributed by atoms with van der Waals surface area (Å²) in [5, 5.41) is 9.85. The summed E-state index contributed by atoms with van der Waals surface area (Å²) in [7, 11) is 0. The van der Waals surface area contributed by atoms with Gasteiger partial charge in [0, 0.05) is 13.1 Å². The number of aryl methyl sites for hydroxylation is 1. The Kier molecular flexibility index (Phi) is 3.15. The number of carboxylic acids is 1. The average molecular weight is 254 g/mol. The average Bonchev–Trinajstić information content (AvgIpc) is 2.83. The highest BCUT2D eigenvalue weighted by atomic mass is 32.1. The van der Waals surface area contributed by atoms with Crippen LogP contribution in [0.3, 0.4) is 0 Å². The van der Waals surface area contributed by atoms with Gasteiger partial charge in [0.05, 0.1) is 17.1 Å². The number of thiazole rings is 1. The molecule has 5 nitrogen and oxygen atoms in total. The molecular weight excluding hydrogens is 240 g/mol. The van der Waals surface area contributed by atoms with Crippen LogP contribution >= 0.6 is 11.3 Å². The number of carboxylic acid groups (broad SMARTS) is 1. The van der Waals surface area contributed by atoms with Gasteiger partial charge >= 0.3 is 5.97 Å². The topological polar surface area (TPSA) is 70.5 Å². The lowest BCUT2D eigenvalue weighted by Gasteiger charge is -2.13. The Hall–Kier alpha value is -1.43. The first-order valence-electron chi connectivity index (χ1n) is 5.43. The van der Waals surface area contributed by atoms with Crippen LogP contribution in [0.15, 0.2) is 6.20 Å². The van der Waals surface area contributed by atoms with Crippen molar-refractivity contribution in [1.82, 2.24) is 9.88 Å². The minimum Gasteiger partial charge on any atom is -0.481 e. The third-order valence-electron chi connectivity index (χ3n) is 3.05. The van der Waals surface area contributed by atoms with Crippen LogP contribution in [0, 0.1) is 18.8 Å². The molecule has 17 heavy (non-hydrogen) atoms. The van der Waals surface area contributed by atoms with Crippen molar-refractivity contribution in [3.8, 4) is 0 Å². The van der Waals surface area contributed by atoms with Crippen LogP contribution in [0.4, 0.5) is 0 Å². The smallest absolute Gasteiger partial charge is 0.308 e. The highest BCUT2D eigenvalue weighted by Gasteiger charge is 2.37. The minimum atomic E-state index is -0.826. The molecule has 1 fully saturated rings. The van der Waals surface area contributed by atoms with Gasteiger partial charge in [-0.15, -0.1) is 11.3 Å². The van der Waals surface area contributed by atoms with Crippen LogP contribution < -0.4 is 0 Å². The first kappa shape index (κ1) is 12.0. The monoisotopic (exact) mass is 254 g/mol. The molecule has 1 saturated heterocycles. The molecule has 0 spiro atoms. The molecule has 92 valence electrons. The van der Waals surface area contributed by atoms with Crippen LogP contribution in [0.5, 0.6) is 0 Å². The van der Waals surface area contributed by atoms with Gasteiger partial charge in [-0.1, -0.05) is 6.92 Å². The number of hydrogen-bond acceptors (Lipinski definition) is 4. The Morgan fingerprint density at radius 1 is 1.53 bits per heavy atom. The number of nitrogens with zero attached hydrogens (tertiary/aromatic N) is 2. The molecule has 1 aliphatic heterocycles. The second-order valence-electron chi connectivity index (χ2n) is 4.38. The van der Waals surface area contributed by atoms with Crippen molar-refractivity contribution in [2.75, 3.05) is 13.1 Å². The van der Waals surface area contributed by atoms with Gasteiger partial charge in [-0.05, 0) is 12.8 Å². The quantitative estimate of drug-likeness (QED) is 0.862. The van der Waals surface area contributed by atoms with Gasteiger partial charge in [0.2, 0.25) is 0 Å². The minimum absolute atomic E-state index is 0.00506. The summed E-state index contributed by atoms with van der Waals surface area (Å²) < 4.78 is 0. The summed E-state index contributed by atoms with van der Waals surface area (Å²) in [6, 6.07) is 0. The van der Waals surface area contributed by atoms with E-state index in [1.807, 2.05) is 13.8 Å². The highest BCUT2D eigenvalue weighted by Crippen LogP contribution is 2.25. The lowest BCUT2D eigenvalue weighted by Crippen LogP contribution is -2.29. The number of rotatable bonds is 2. The summed E-state index contributed by atoms with van der Waals surface area (Å²) in [4.78, 5) is 29.3. The fourth-order valence-electron chi connectivity index (χ4n) is 2.07. The zero-order chi connectivity index (χ0) is 12.6. The molecule has 0 unspecified atom stereocenters. The van der Waals surface area contributed by atoms with Gasteiger partial charge in [-0.3, -0.25) is 9.59 Å². The number of carbonyl (C=O) groups is 2. The van der Waals surface area contributed by atoms with E-state index in [-0.39, 0.29) is 11.8 Å². The number of carbonyl (C=O) groups excluding carboxylic acids is 1. The summed E-state index contributed by atoms with van der Waals surface area (Å²) in [6.45, 7) is 4.51. The number of amides is 1. The van der Waals surface area contributed by atoms with E-state index in [2.05, 4.69) is 4.98 Å². The van der Waals surface area contributed by atoms with E-state index in [9.17, 15) is 9.59 Å². The van der Waals surface area contributed by atoms with E-state index in [0.717, 1.165) is 5.01 Å². The van der Waals surface area contributed by atoms with Gasteiger partial charge in [0.1, 0.15) is 4.88 Å². The maximum Gasteiger partial charge on any atom is 0.308 e. The van der Waals surface area contributed by atoms with Crippen molar-refractivity contribution < 1.29 is 14.7 Å². The number of likely N-dealkylation sites (tertiary alicyclic amines) is 1. The van der Waals surface area contributed by atoms with Crippen molar-refractivity contribution in [3.05, 3.63) is 16.1 Å². The van der Waals surface area contributed by atoms with Crippen LogP contribution in [-0.4, -0.2) is 40.0 Å². The molecule has 1 N–H and O–H groups in total. The molecule has 2 heterocycles. The molecule has 0 saturated carbocycles. The van der Waals surface area contributed by atoms with Gasteiger partial charge in [0.15, 0.2) is 0 Å². The first-order chi connectivity index (χ1) is 7.99. The maximum atomic E-state index is 12.1. The summed E-state index contributed by atoms with van der Waals surface area (Å²) >= 11 is 1.34. The molecule has 2 atom stereocenters. The molecule has 0 radical (unpaired) electrons. The van der Waals surface area contributed by atoms with Crippen molar-refractivity contribution in [1.29, 1.82) is 0 Å². The van der Waals surface area contributed by atoms with Crippen LogP contribution in [0.2, 0.25) is 0 Å². The molecule has 6 heteroatoms. The lowest BCUT2D eigenvalue weighted by molar-refractivity contribution is -0.142. The molecule has 2 rings (SSSR count). The standard InChI is InChI=1S/C11H14N2O3S/c1-6-4-13(5-8(6)11(15)16)10(14)9-3-12-7(2)17-9/h3,6,8H,4-5H2,1-2H3,(H,15,16)/t6-,8-/m1/s1. The van der Waals surface area contributed by atoms with Gasteiger partial charge < -0.3 is 10.0 Å². The zero-order valence-electron chi connectivity index (χ0n) is 9.71. The Labute approximate surface area is 103 Å². The highest BCUT2D eigenvalue weighted by molar-refractivity contribution is 7.13. The van der Waals surface area contributed by atoms with Crippen LogP contribution in [0.1, 0.15) is 21.6 Å². The second kappa shape index (κ2) is 4.44. The largest absolute Gasteiger partial charge is 0.481 e. The fourth-order valence-corrected chi connectivity index (χ4v) is 2.82. The van der Waals surface area contributed by atoms with Crippen LogP contribution in [-0.2, 0) is 4.79 Å². The van der Waals surface area contributed by atoms with E-state index >= 15 is 0 Å². The van der Waals surface area contributed by atoms with Crippen LogP contribution in [0.25, 0.3) is 0 Å². The summed E-state index contributed by atoms with van der Waals surface area (Å²) in [5.41, 5.74) is 0. The van der Waals surface area contributed by atoms with E-state index in [0.29, 0.717) is 18.0 Å². The van der Waals surface area contributed by atoms with E-state index in [1.54, 1.807) is 11.1 Å². The number of aliphatic carboxylic acids is 1. The molecule has 1 aromatic heterocycles. The molecule has 0 bridgehead atoms. The van der Waals surface area contributed by atoms with Crippen molar-refractivity contribution in [2.45, 2.75) is 13.8 Å². The summed E-state index contributed by atoms with van der Waals surface area (Å²) in [5.74, 6) is -1.38. The molecule has 0 aliphatic carbocycles. The SMILES string of the molecule is Cc1ncc(C(=O)N2C[C@@H](C)[C@H](C(=O)O)C2)s1. The lowest BCUT2D eigenvalue weighted by atomic mass is 9.99. The van der Waals surface area contributed by atoms with Gasteiger partial charge in [-0.2, -0.15) is 0 Å². The molecule has 1 aromatic rings. The third kappa shape index (κ3) is 2.31. The van der Waals surface area contributed by atoms with E-state index < -0.39 is 11.9 Å². The first-order valence-corrected chi connectivity index (χ1v) is 6.25. The fraction of sp³-hybridized carbons (Fsp3) is 0.545. The molecule has 0 aromatic carbocycles. The molecule has 1 aliphatic rings. The predicted octanol–water partition coefficient (Wildman–Crippen LogP) is 1.24. The third-order valence-corrected chi connectivity index (χ3v) is 3.95. The zero-order valence-corrected chi connectivity index (χ0v) is 10.5.